The Morgan fingerprint density at radius 3 is 2.64 bits per heavy atom. The van der Waals surface area contributed by atoms with Crippen molar-refractivity contribution >= 4 is 11.6 Å². The number of hydrogen-bond acceptors (Lipinski definition) is 4. The maximum atomic E-state index is 13.9. The molecule has 1 aliphatic heterocycles. The number of phenols is 1. The molecule has 0 amide bonds. The van der Waals surface area contributed by atoms with Crippen molar-refractivity contribution in [3.8, 4) is 11.5 Å². The highest BCUT2D eigenvalue weighted by Gasteiger charge is 2.31. The molecule has 0 aliphatic carbocycles. The Morgan fingerprint density at radius 2 is 1.89 bits per heavy atom. The lowest BCUT2D eigenvalue weighted by atomic mass is 9.88. The summed E-state index contributed by atoms with van der Waals surface area (Å²) >= 11 is 6.03. The van der Waals surface area contributed by atoms with Gasteiger partial charge in [-0.3, -0.25) is 5.43 Å². The zero-order valence-electron chi connectivity index (χ0n) is 15.0. The second-order valence-electron chi connectivity index (χ2n) is 6.73. The fourth-order valence-electron chi connectivity index (χ4n) is 3.50. The van der Waals surface area contributed by atoms with E-state index in [0.29, 0.717) is 16.3 Å². The van der Waals surface area contributed by atoms with Crippen LogP contribution in [-0.4, -0.2) is 11.7 Å². The standard InChI is InChI=1S/C22H20ClFN2O2/c23-19-7-4-8-20(24)18(19)13-28-15-9-10-16(21(27)11-15)22-17(12-25-26-22)14-5-2-1-3-6-14/h1-11,17,22,25-27H,12-13H2. The molecule has 0 spiro atoms. The average Bonchev–Trinajstić information content (AvgIpc) is 3.18. The van der Waals surface area contributed by atoms with Gasteiger partial charge in [0.2, 0.25) is 0 Å². The molecular formula is C22H20ClFN2O2. The zero-order chi connectivity index (χ0) is 19.5. The molecule has 28 heavy (non-hydrogen) atoms. The van der Waals surface area contributed by atoms with Crippen LogP contribution in [0.5, 0.6) is 11.5 Å². The van der Waals surface area contributed by atoms with Gasteiger partial charge in [-0.05, 0) is 23.8 Å². The van der Waals surface area contributed by atoms with Crippen LogP contribution in [0.2, 0.25) is 5.02 Å². The number of hydrazine groups is 1. The zero-order valence-corrected chi connectivity index (χ0v) is 15.8. The van der Waals surface area contributed by atoms with Crippen LogP contribution in [0.25, 0.3) is 0 Å². The Labute approximate surface area is 167 Å². The minimum Gasteiger partial charge on any atom is -0.507 e. The van der Waals surface area contributed by atoms with E-state index in [-0.39, 0.29) is 24.3 Å². The fourth-order valence-corrected chi connectivity index (χ4v) is 3.72. The Bertz CT molecular complexity index is 948. The lowest BCUT2D eigenvalue weighted by Gasteiger charge is -2.20. The van der Waals surface area contributed by atoms with E-state index in [1.54, 1.807) is 24.3 Å². The van der Waals surface area contributed by atoms with Gasteiger partial charge in [0.25, 0.3) is 0 Å². The Balaban J connectivity index is 1.52. The summed E-state index contributed by atoms with van der Waals surface area (Å²) in [6.07, 6.45) is 0. The SMILES string of the molecule is Oc1cc(OCc2c(F)cccc2Cl)ccc1C1NNCC1c1ccccc1. The Morgan fingerprint density at radius 1 is 1.07 bits per heavy atom. The molecule has 0 aromatic heterocycles. The third-order valence-corrected chi connectivity index (χ3v) is 5.35. The largest absolute Gasteiger partial charge is 0.507 e. The molecule has 2 atom stereocenters. The molecule has 4 rings (SSSR count). The van der Waals surface area contributed by atoms with Crippen molar-refractivity contribution in [2.75, 3.05) is 6.54 Å². The van der Waals surface area contributed by atoms with Crippen LogP contribution in [0.4, 0.5) is 4.39 Å². The van der Waals surface area contributed by atoms with E-state index in [0.717, 1.165) is 12.1 Å². The number of ether oxygens (including phenoxy) is 1. The van der Waals surface area contributed by atoms with Crippen molar-refractivity contribution in [1.29, 1.82) is 0 Å². The number of nitrogens with one attached hydrogen (secondary N) is 2. The maximum absolute atomic E-state index is 13.9. The minimum atomic E-state index is -0.416. The molecule has 1 fully saturated rings. The van der Waals surface area contributed by atoms with Crippen LogP contribution in [0, 0.1) is 5.82 Å². The topological polar surface area (TPSA) is 53.5 Å². The monoisotopic (exact) mass is 398 g/mol. The quantitative estimate of drug-likeness (QED) is 0.583. The molecule has 1 heterocycles. The highest BCUT2D eigenvalue weighted by Crippen LogP contribution is 2.38. The summed E-state index contributed by atoms with van der Waals surface area (Å²) in [7, 11) is 0. The molecule has 3 aromatic rings. The van der Waals surface area contributed by atoms with Crippen molar-refractivity contribution in [2.24, 2.45) is 0 Å². The van der Waals surface area contributed by atoms with Crippen LogP contribution in [0.15, 0.2) is 66.7 Å². The van der Waals surface area contributed by atoms with Crippen LogP contribution in [0.3, 0.4) is 0 Å². The van der Waals surface area contributed by atoms with Gasteiger partial charge in [0.15, 0.2) is 0 Å². The average molecular weight is 399 g/mol. The lowest BCUT2D eigenvalue weighted by Crippen LogP contribution is -2.25. The van der Waals surface area contributed by atoms with E-state index < -0.39 is 5.82 Å². The van der Waals surface area contributed by atoms with Gasteiger partial charge in [-0.25, -0.2) is 9.82 Å². The smallest absolute Gasteiger partial charge is 0.131 e. The van der Waals surface area contributed by atoms with Crippen molar-refractivity contribution in [3.63, 3.8) is 0 Å². The predicted molar refractivity (Wildman–Crippen MR) is 107 cm³/mol. The van der Waals surface area contributed by atoms with Crippen molar-refractivity contribution < 1.29 is 14.2 Å². The van der Waals surface area contributed by atoms with E-state index in [4.69, 9.17) is 16.3 Å². The number of aromatic hydroxyl groups is 1. The summed E-state index contributed by atoms with van der Waals surface area (Å²) < 4.78 is 19.5. The lowest BCUT2D eigenvalue weighted by molar-refractivity contribution is 0.298. The van der Waals surface area contributed by atoms with E-state index in [1.807, 2.05) is 24.3 Å². The molecule has 4 nitrogen and oxygen atoms in total. The first-order chi connectivity index (χ1) is 13.6. The molecular weight excluding hydrogens is 379 g/mol. The van der Waals surface area contributed by atoms with Gasteiger partial charge < -0.3 is 9.84 Å². The summed E-state index contributed by atoms with van der Waals surface area (Å²) in [4.78, 5) is 0. The van der Waals surface area contributed by atoms with E-state index in [9.17, 15) is 9.50 Å². The fraction of sp³-hybridized carbons (Fsp3) is 0.182. The minimum absolute atomic E-state index is 0.0137. The predicted octanol–water partition coefficient (Wildman–Crippen LogP) is 4.70. The maximum Gasteiger partial charge on any atom is 0.131 e. The second-order valence-corrected chi connectivity index (χ2v) is 7.14. The highest BCUT2D eigenvalue weighted by molar-refractivity contribution is 6.31. The third kappa shape index (κ3) is 3.83. The molecule has 1 saturated heterocycles. The van der Waals surface area contributed by atoms with Gasteiger partial charge in [0, 0.05) is 29.7 Å². The van der Waals surface area contributed by atoms with E-state index >= 15 is 0 Å². The van der Waals surface area contributed by atoms with E-state index in [1.165, 1.54) is 11.6 Å². The van der Waals surface area contributed by atoms with Gasteiger partial charge in [-0.15, -0.1) is 0 Å². The molecule has 6 heteroatoms. The van der Waals surface area contributed by atoms with Crippen LogP contribution in [-0.2, 0) is 6.61 Å². The molecule has 3 aromatic carbocycles. The normalized spacial score (nSPS) is 18.9. The molecule has 0 radical (unpaired) electrons. The first-order valence-corrected chi connectivity index (χ1v) is 9.43. The van der Waals surface area contributed by atoms with Gasteiger partial charge >= 0.3 is 0 Å². The van der Waals surface area contributed by atoms with Crippen LogP contribution < -0.4 is 15.6 Å². The Hall–Kier alpha value is -2.60. The summed E-state index contributed by atoms with van der Waals surface area (Å²) in [5, 5.41) is 10.9. The Kier molecular flexibility index (Phi) is 5.48. The third-order valence-electron chi connectivity index (χ3n) is 4.99. The molecule has 0 bridgehead atoms. The summed E-state index contributed by atoms with van der Waals surface area (Å²) in [6, 6.07) is 19.7. The van der Waals surface area contributed by atoms with Gasteiger partial charge in [0.1, 0.15) is 23.9 Å². The number of rotatable bonds is 5. The molecule has 2 unspecified atom stereocenters. The summed E-state index contributed by atoms with van der Waals surface area (Å²) in [5.41, 5.74) is 8.67. The number of halogens is 2. The number of benzene rings is 3. The highest BCUT2D eigenvalue weighted by atomic mass is 35.5. The second kappa shape index (κ2) is 8.19. The van der Waals surface area contributed by atoms with Gasteiger partial charge in [-0.2, -0.15) is 0 Å². The van der Waals surface area contributed by atoms with Crippen molar-refractivity contribution in [2.45, 2.75) is 18.6 Å². The van der Waals surface area contributed by atoms with Crippen molar-refractivity contribution in [3.05, 3.63) is 94.3 Å². The molecule has 0 saturated carbocycles. The first kappa shape index (κ1) is 18.7. The molecule has 1 aliphatic rings. The molecule has 3 N–H and O–H groups in total. The van der Waals surface area contributed by atoms with Crippen molar-refractivity contribution in [1.82, 2.24) is 10.9 Å². The molecule has 144 valence electrons. The van der Waals surface area contributed by atoms with E-state index in [2.05, 4.69) is 23.0 Å². The number of phenolic OH excluding ortho intramolecular Hbond substituents is 1. The summed E-state index contributed by atoms with van der Waals surface area (Å²) in [6.45, 7) is 0.748. The first-order valence-electron chi connectivity index (χ1n) is 9.05. The van der Waals surface area contributed by atoms with Crippen LogP contribution in [0.1, 0.15) is 28.7 Å². The van der Waals surface area contributed by atoms with Gasteiger partial charge in [-0.1, -0.05) is 54.1 Å². The number of hydrogen-bond donors (Lipinski definition) is 3. The van der Waals surface area contributed by atoms with Crippen LogP contribution >= 0.6 is 11.6 Å². The summed E-state index contributed by atoms with van der Waals surface area (Å²) in [5.74, 6) is 0.346. The van der Waals surface area contributed by atoms with Gasteiger partial charge in [0.05, 0.1) is 11.1 Å².